The van der Waals surface area contributed by atoms with Gasteiger partial charge >= 0.3 is 11.9 Å². The van der Waals surface area contributed by atoms with E-state index in [1.54, 1.807) is 14.0 Å². The second kappa shape index (κ2) is 11.9. The molecule has 0 radical (unpaired) electrons. The molecule has 7 heteroatoms. The number of esters is 1. The average Bonchev–Trinajstić information content (AvgIpc) is 3.27. The molecule has 3 aromatic carbocycles. The van der Waals surface area contributed by atoms with Gasteiger partial charge in [-0.25, -0.2) is 4.79 Å². The van der Waals surface area contributed by atoms with Crippen LogP contribution in [0.2, 0.25) is 0 Å². The number of carboxylic acid groups (broad SMARTS) is 1. The minimum atomic E-state index is -1.00. The predicted octanol–water partition coefficient (Wildman–Crippen LogP) is 5.54. The highest BCUT2D eigenvalue weighted by atomic mass is 16.5. The van der Waals surface area contributed by atoms with Crippen LogP contribution in [0.5, 0.6) is 11.5 Å². The number of aliphatic hydroxyl groups is 1. The van der Waals surface area contributed by atoms with Gasteiger partial charge in [-0.3, -0.25) is 4.79 Å². The van der Waals surface area contributed by atoms with Crippen LogP contribution in [0.1, 0.15) is 55.7 Å². The minimum absolute atomic E-state index is 0.150. The van der Waals surface area contributed by atoms with Gasteiger partial charge in [-0.05, 0) is 109 Å². The maximum atomic E-state index is 13.5. The Morgan fingerprint density at radius 2 is 1.80 bits per heavy atom. The Hall–Kier alpha value is -3.58. The van der Waals surface area contributed by atoms with Crippen molar-refractivity contribution in [3.05, 3.63) is 71.3 Å². The zero-order valence-electron chi connectivity index (χ0n) is 23.3. The van der Waals surface area contributed by atoms with Crippen molar-refractivity contribution in [2.45, 2.75) is 64.1 Å². The van der Waals surface area contributed by atoms with Crippen molar-refractivity contribution in [1.82, 2.24) is 0 Å². The van der Waals surface area contributed by atoms with Crippen molar-refractivity contribution in [3.8, 4) is 11.5 Å². The van der Waals surface area contributed by atoms with Crippen molar-refractivity contribution >= 4 is 22.7 Å². The first kappa shape index (κ1) is 28.0. The lowest BCUT2D eigenvalue weighted by Crippen LogP contribution is -2.30. The van der Waals surface area contributed by atoms with Gasteiger partial charge in [-0.2, -0.15) is 0 Å². The van der Waals surface area contributed by atoms with Crippen LogP contribution in [-0.4, -0.2) is 48.1 Å². The summed E-state index contributed by atoms with van der Waals surface area (Å²) in [5.41, 5.74) is 3.14. The summed E-state index contributed by atoms with van der Waals surface area (Å²) >= 11 is 0. The Balaban J connectivity index is 1.33. The number of hydrogen-bond acceptors (Lipinski definition) is 6. The summed E-state index contributed by atoms with van der Waals surface area (Å²) in [6, 6.07) is 17.7. The fraction of sp³-hybridized carbons (Fsp3) is 0.455. The lowest BCUT2D eigenvalue weighted by atomic mass is 9.73. The zero-order chi connectivity index (χ0) is 28.4. The third kappa shape index (κ3) is 5.94. The molecule has 5 rings (SSSR count). The SMILES string of the molecule is COc1ccc2cc([C@H](C)C(=O)O[C@@H]3C[C@@H]4Cc5c(cccc5OCC(=O)O)C[C@@H]4[C@H]3CC[C@H](C)O)ccc2c1. The second-order valence-corrected chi connectivity index (χ2v) is 11.4. The topological polar surface area (TPSA) is 102 Å². The molecule has 2 aliphatic rings. The Morgan fingerprint density at radius 1 is 1.02 bits per heavy atom. The van der Waals surface area contributed by atoms with E-state index < -0.39 is 18.0 Å². The van der Waals surface area contributed by atoms with Gasteiger partial charge < -0.3 is 24.4 Å². The van der Waals surface area contributed by atoms with E-state index in [2.05, 4.69) is 6.07 Å². The van der Waals surface area contributed by atoms with Crippen LogP contribution in [0, 0.1) is 17.8 Å². The molecular weight excluding hydrogens is 508 g/mol. The van der Waals surface area contributed by atoms with Crippen molar-refractivity contribution in [3.63, 3.8) is 0 Å². The van der Waals surface area contributed by atoms with E-state index in [-0.39, 0.29) is 24.6 Å². The Labute approximate surface area is 235 Å². The highest BCUT2D eigenvalue weighted by Crippen LogP contribution is 2.49. The first-order valence-electron chi connectivity index (χ1n) is 14.1. The van der Waals surface area contributed by atoms with Crippen molar-refractivity contribution < 1.29 is 34.0 Å². The normalized spacial score (nSPS) is 23.1. The molecule has 2 aliphatic carbocycles. The zero-order valence-corrected chi connectivity index (χ0v) is 23.3. The molecule has 212 valence electrons. The molecule has 0 bridgehead atoms. The fourth-order valence-corrected chi connectivity index (χ4v) is 6.65. The summed E-state index contributed by atoms with van der Waals surface area (Å²) in [7, 11) is 1.64. The summed E-state index contributed by atoms with van der Waals surface area (Å²) in [4.78, 5) is 24.6. The largest absolute Gasteiger partial charge is 0.497 e. The van der Waals surface area contributed by atoms with E-state index in [1.165, 1.54) is 5.56 Å². The predicted molar refractivity (Wildman–Crippen MR) is 152 cm³/mol. The second-order valence-electron chi connectivity index (χ2n) is 11.4. The highest BCUT2D eigenvalue weighted by molar-refractivity contribution is 5.86. The van der Waals surface area contributed by atoms with E-state index in [4.69, 9.17) is 19.3 Å². The molecule has 0 saturated heterocycles. The third-order valence-corrected chi connectivity index (χ3v) is 8.78. The number of hydrogen-bond donors (Lipinski definition) is 2. The van der Waals surface area contributed by atoms with Crippen molar-refractivity contribution in [1.29, 1.82) is 0 Å². The van der Waals surface area contributed by atoms with Gasteiger partial charge in [-0.15, -0.1) is 0 Å². The third-order valence-electron chi connectivity index (χ3n) is 8.78. The van der Waals surface area contributed by atoms with Crippen molar-refractivity contribution in [2.24, 2.45) is 17.8 Å². The molecule has 0 aromatic heterocycles. The summed E-state index contributed by atoms with van der Waals surface area (Å²) in [6.07, 6.45) is 3.13. The van der Waals surface area contributed by atoms with Gasteiger partial charge in [0.05, 0.1) is 19.1 Å². The molecule has 0 heterocycles. The molecule has 6 atom stereocenters. The number of fused-ring (bicyclic) bond motifs is 3. The van der Waals surface area contributed by atoms with Gasteiger partial charge in [0, 0.05) is 0 Å². The maximum absolute atomic E-state index is 13.5. The van der Waals surface area contributed by atoms with Crippen LogP contribution < -0.4 is 9.47 Å². The molecule has 7 nitrogen and oxygen atoms in total. The molecule has 0 spiro atoms. The van der Waals surface area contributed by atoms with Crippen molar-refractivity contribution in [2.75, 3.05) is 13.7 Å². The Bertz CT molecular complexity index is 1380. The molecule has 1 fully saturated rings. The maximum Gasteiger partial charge on any atom is 0.341 e. The molecule has 0 amide bonds. The molecule has 1 saturated carbocycles. The quantitative estimate of drug-likeness (QED) is 0.322. The summed E-state index contributed by atoms with van der Waals surface area (Å²) in [5, 5.41) is 21.2. The number of rotatable bonds is 10. The van der Waals surface area contributed by atoms with Crippen LogP contribution in [-0.2, 0) is 27.2 Å². The average molecular weight is 547 g/mol. The Morgan fingerprint density at radius 3 is 2.55 bits per heavy atom. The summed E-state index contributed by atoms with van der Waals surface area (Å²) in [5.74, 6) is 0.535. The lowest BCUT2D eigenvalue weighted by Gasteiger charge is -2.32. The number of carboxylic acids is 1. The molecule has 0 aliphatic heterocycles. The Kier molecular flexibility index (Phi) is 8.31. The molecule has 40 heavy (non-hydrogen) atoms. The fourth-order valence-electron chi connectivity index (χ4n) is 6.65. The number of aliphatic carboxylic acids is 1. The van der Waals surface area contributed by atoms with E-state index in [1.807, 2.05) is 55.5 Å². The van der Waals surface area contributed by atoms with E-state index in [0.717, 1.165) is 53.3 Å². The number of carbonyl (C=O) groups excluding carboxylic acids is 1. The first-order chi connectivity index (χ1) is 19.2. The number of benzene rings is 3. The molecular formula is C33H38O7. The summed E-state index contributed by atoms with van der Waals surface area (Å²) < 4.78 is 17.2. The van der Waals surface area contributed by atoms with E-state index >= 15 is 0 Å². The smallest absolute Gasteiger partial charge is 0.341 e. The minimum Gasteiger partial charge on any atom is -0.497 e. The van der Waals surface area contributed by atoms with Crippen LogP contribution in [0.15, 0.2) is 54.6 Å². The van der Waals surface area contributed by atoms with Crippen LogP contribution in [0.3, 0.4) is 0 Å². The van der Waals surface area contributed by atoms with Crippen LogP contribution in [0.4, 0.5) is 0 Å². The molecule has 3 aromatic rings. The van der Waals surface area contributed by atoms with E-state index in [0.29, 0.717) is 24.0 Å². The number of carbonyl (C=O) groups is 2. The lowest BCUT2D eigenvalue weighted by molar-refractivity contribution is -0.153. The monoisotopic (exact) mass is 546 g/mol. The number of aliphatic hydroxyl groups excluding tert-OH is 1. The standard InChI is InChI=1S/C33H38O7/c1-19(34)7-12-27-28-15-24-5-4-6-30(39-18-32(35)36)29(24)16-25(28)17-31(27)40-33(37)20(2)21-8-9-23-14-26(38-3)11-10-22(23)13-21/h4-6,8-11,13-14,19-20,25,27-28,31,34H,7,12,15-18H2,1-3H3,(H,35,36)/t19-,20-,25-,27+,28-,31+/m0/s1. The van der Waals surface area contributed by atoms with E-state index in [9.17, 15) is 14.7 Å². The highest BCUT2D eigenvalue weighted by Gasteiger charge is 2.47. The first-order valence-corrected chi connectivity index (χ1v) is 14.1. The number of methoxy groups -OCH3 is 1. The van der Waals surface area contributed by atoms with Gasteiger partial charge in [0.2, 0.25) is 0 Å². The van der Waals surface area contributed by atoms with Crippen LogP contribution in [0.25, 0.3) is 10.8 Å². The number of ether oxygens (including phenoxy) is 3. The summed E-state index contributed by atoms with van der Waals surface area (Å²) in [6.45, 7) is 3.32. The van der Waals surface area contributed by atoms with Gasteiger partial charge in [0.1, 0.15) is 17.6 Å². The van der Waals surface area contributed by atoms with Crippen LogP contribution >= 0.6 is 0 Å². The molecule has 2 N–H and O–H groups in total. The molecule has 0 unspecified atom stereocenters. The van der Waals surface area contributed by atoms with Gasteiger partial charge in [0.15, 0.2) is 6.61 Å². The van der Waals surface area contributed by atoms with Gasteiger partial charge in [0.25, 0.3) is 0 Å². The van der Waals surface area contributed by atoms with Gasteiger partial charge in [-0.1, -0.05) is 36.4 Å².